The third-order valence-electron chi connectivity index (χ3n) is 3.47. The summed E-state index contributed by atoms with van der Waals surface area (Å²) in [5.41, 5.74) is 1.84. The number of rotatable bonds is 5. The van der Waals surface area contributed by atoms with Crippen LogP contribution in [0.2, 0.25) is 0 Å². The van der Waals surface area contributed by atoms with Gasteiger partial charge in [-0.1, -0.05) is 24.3 Å². The summed E-state index contributed by atoms with van der Waals surface area (Å²) in [6.07, 6.45) is 1.56. The lowest BCUT2D eigenvalue weighted by Crippen LogP contribution is -2.34. The Balaban J connectivity index is 1.52. The number of furan rings is 1. The summed E-state index contributed by atoms with van der Waals surface area (Å²) in [5.74, 6) is -0.345. The standard InChI is InChI=1S/C18H16N2O3/c21-17(13-5-2-1-3-6-13)19-10-11-20-18(22)15-7-4-8-16-14(15)9-12-23-16/h1-9,12H,10-11H2,(H,19,21)(H,20,22). The predicted octanol–water partition coefficient (Wildman–Crippen LogP) is 2.59. The van der Waals surface area contributed by atoms with Crippen molar-refractivity contribution in [3.8, 4) is 0 Å². The molecule has 116 valence electrons. The summed E-state index contributed by atoms with van der Waals surface area (Å²) in [6.45, 7) is 0.715. The zero-order valence-electron chi connectivity index (χ0n) is 12.4. The molecule has 0 unspecified atom stereocenters. The van der Waals surface area contributed by atoms with Crippen LogP contribution in [0.1, 0.15) is 20.7 Å². The zero-order valence-corrected chi connectivity index (χ0v) is 12.4. The first kappa shape index (κ1) is 14.8. The van der Waals surface area contributed by atoms with E-state index in [4.69, 9.17) is 4.42 Å². The minimum atomic E-state index is -0.189. The molecule has 0 atom stereocenters. The van der Waals surface area contributed by atoms with Gasteiger partial charge in [0.1, 0.15) is 5.58 Å². The molecular weight excluding hydrogens is 292 g/mol. The third-order valence-corrected chi connectivity index (χ3v) is 3.47. The molecule has 0 saturated heterocycles. The summed E-state index contributed by atoms with van der Waals surface area (Å²) in [6, 6.07) is 16.1. The van der Waals surface area contributed by atoms with Gasteiger partial charge in [-0.15, -0.1) is 0 Å². The van der Waals surface area contributed by atoms with Crippen LogP contribution in [0.15, 0.2) is 65.3 Å². The van der Waals surface area contributed by atoms with Gasteiger partial charge >= 0.3 is 0 Å². The van der Waals surface area contributed by atoms with Gasteiger partial charge < -0.3 is 15.1 Å². The van der Waals surface area contributed by atoms with Crippen molar-refractivity contribution < 1.29 is 14.0 Å². The van der Waals surface area contributed by atoms with Crippen LogP contribution in [0.5, 0.6) is 0 Å². The van der Waals surface area contributed by atoms with E-state index in [1.807, 2.05) is 24.3 Å². The molecule has 1 aromatic heterocycles. The molecule has 23 heavy (non-hydrogen) atoms. The number of nitrogens with one attached hydrogen (secondary N) is 2. The van der Waals surface area contributed by atoms with Gasteiger partial charge in [-0.25, -0.2) is 0 Å². The molecule has 2 N–H and O–H groups in total. The van der Waals surface area contributed by atoms with Gasteiger partial charge in [0.05, 0.1) is 11.8 Å². The van der Waals surface area contributed by atoms with Crippen LogP contribution in [0.4, 0.5) is 0 Å². The van der Waals surface area contributed by atoms with Gasteiger partial charge in [0, 0.05) is 24.0 Å². The average molecular weight is 308 g/mol. The summed E-state index contributed by atoms with van der Waals surface area (Å²) < 4.78 is 5.28. The fourth-order valence-electron chi connectivity index (χ4n) is 2.33. The molecule has 0 bridgehead atoms. The van der Waals surface area contributed by atoms with E-state index < -0.39 is 0 Å². The van der Waals surface area contributed by atoms with Crippen molar-refractivity contribution in [1.82, 2.24) is 10.6 Å². The van der Waals surface area contributed by atoms with Crippen LogP contribution < -0.4 is 10.6 Å². The Morgan fingerprint density at radius 1 is 0.826 bits per heavy atom. The Labute approximate surface area is 133 Å². The Morgan fingerprint density at radius 3 is 2.35 bits per heavy atom. The molecule has 0 aliphatic carbocycles. The minimum Gasteiger partial charge on any atom is -0.464 e. The monoisotopic (exact) mass is 308 g/mol. The van der Waals surface area contributed by atoms with E-state index in [9.17, 15) is 9.59 Å². The predicted molar refractivity (Wildman–Crippen MR) is 87.3 cm³/mol. The van der Waals surface area contributed by atoms with Crippen molar-refractivity contribution in [2.45, 2.75) is 0 Å². The third kappa shape index (κ3) is 3.40. The maximum atomic E-state index is 12.2. The van der Waals surface area contributed by atoms with E-state index in [-0.39, 0.29) is 11.8 Å². The molecule has 3 aromatic rings. The van der Waals surface area contributed by atoms with Crippen LogP contribution in [-0.4, -0.2) is 24.9 Å². The Hall–Kier alpha value is -3.08. The van der Waals surface area contributed by atoms with E-state index >= 15 is 0 Å². The molecule has 5 heteroatoms. The summed E-state index contributed by atoms with van der Waals surface area (Å²) in [7, 11) is 0. The summed E-state index contributed by atoms with van der Waals surface area (Å²) >= 11 is 0. The highest BCUT2D eigenvalue weighted by Gasteiger charge is 2.11. The number of benzene rings is 2. The summed E-state index contributed by atoms with van der Waals surface area (Å²) in [5, 5.41) is 6.33. The maximum absolute atomic E-state index is 12.2. The summed E-state index contributed by atoms with van der Waals surface area (Å²) in [4.78, 5) is 24.1. The van der Waals surface area contributed by atoms with Crippen LogP contribution in [0, 0.1) is 0 Å². The molecule has 0 saturated carbocycles. The van der Waals surface area contributed by atoms with Gasteiger partial charge in [0.15, 0.2) is 0 Å². The molecule has 1 heterocycles. The zero-order chi connectivity index (χ0) is 16.1. The van der Waals surface area contributed by atoms with Crippen molar-refractivity contribution in [1.29, 1.82) is 0 Å². The van der Waals surface area contributed by atoms with Crippen molar-refractivity contribution in [2.24, 2.45) is 0 Å². The molecule has 0 spiro atoms. The molecule has 0 aliphatic rings. The molecule has 0 aliphatic heterocycles. The Bertz CT molecular complexity index is 824. The minimum absolute atomic E-state index is 0.156. The van der Waals surface area contributed by atoms with Crippen LogP contribution in [0.25, 0.3) is 11.0 Å². The lowest BCUT2D eigenvalue weighted by atomic mass is 10.1. The Kier molecular flexibility index (Phi) is 4.38. The highest BCUT2D eigenvalue weighted by molar-refractivity contribution is 6.05. The first-order chi connectivity index (χ1) is 11.3. The number of amides is 2. The largest absolute Gasteiger partial charge is 0.464 e. The topological polar surface area (TPSA) is 71.3 Å². The maximum Gasteiger partial charge on any atom is 0.252 e. The molecule has 2 aromatic carbocycles. The number of carbonyl (C=O) groups is 2. The van der Waals surface area contributed by atoms with Crippen molar-refractivity contribution in [2.75, 3.05) is 13.1 Å². The first-order valence-electron chi connectivity index (χ1n) is 7.33. The molecule has 0 fully saturated rings. The van der Waals surface area contributed by atoms with Gasteiger partial charge in [-0.05, 0) is 30.3 Å². The molecule has 5 nitrogen and oxygen atoms in total. The SMILES string of the molecule is O=C(NCCNC(=O)c1cccc2occc12)c1ccccc1. The fourth-order valence-corrected chi connectivity index (χ4v) is 2.33. The number of hydrogen-bond acceptors (Lipinski definition) is 3. The lowest BCUT2D eigenvalue weighted by molar-refractivity contribution is 0.0928. The van der Waals surface area contributed by atoms with E-state index in [2.05, 4.69) is 10.6 Å². The second kappa shape index (κ2) is 6.79. The van der Waals surface area contributed by atoms with Gasteiger partial charge in [0.25, 0.3) is 11.8 Å². The second-order valence-electron chi connectivity index (χ2n) is 5.02. The highest BCUT2D eigenvalue weighted by Crippen LogP contribution is 2.19. The molecule has 3 rings (SSSR count). The van der Waals surface area contributed by atoms with E-state index in [1.54, 1.807) is 36.6 Å². The smallest absolute Gasteiger partial charge is 0.252 e. The van der Waals surface area contributed by atoms with Gasteiger partial charge in [0.2, 0.25) is 0 Å². The van der Waals surface area contributed by atoms with E-state index in [0.29, 0.717) is 29.8 Å². The van der Waals surface area contributed by atoms with E-state index in [1.165, 1.54) is 0 Å². The molecular formula is C18H16N2O3. The van der Waals surface area contributed by atoms with Crippen molar-refractivity contribution in [3.63, 3.8) is 0 Å². The van der Waals surface area contributed by atoms with Crippen molar-refractivity contribution >= 4 is 22.8 Å². The molecule has 2 amide bonds. The normalized spacial score (nSPS) is 10.4. The van der Waals surface area contributed by atoms with Crippen LogP contribution >= 0.6 is 0 Å². The average Bonchev–Trinajstić information content (AvgIpc) is 3.07. The van der Waals surface area contributed by atoms with Crippen molar-refractivity contribution in [3.05, 3.63) is 72.0 Å². The fraction of sp³-hybridized carbons (Fsp3) is 0.111. The highest BCUT2D eigenvalue weighted by atomic mass is 16.3. The van der Waals surface area contributed by atoms with E-state index in [0.717, 1.165) is 5.39 Å². The van der Waals surface area contributed by atoms with Gasteiger partial charge in [-0.3, -0.25) is 9.59 Å². The van der Waals surface area contributed by atoms with Crippen LogP contribution in [0.3, 0.4) is 0 Å². The molecule has 0 radical (unpaired) electrons. The lowest BCUT2D eigenvalue weighted by Gasteiger charge is -2.08. The quantitative estimate of drug-likeness (QED) is 0.712. The van der Waals surface area contributed by atoms with Gasteiger partial charge in [-0.2, -0.15) is 0 Å². The van der Waals surface area contributed by atoms with Crippen LogP contribution in [-0.2, 0) is 0 Å². The Morgan fingerprint density at radius 2 is 1.57 bits per heavy atom. The number of fused-ring (bicyclic) bond motifs is 1. The second-order valence-corrected chi connectivity index (χ2v) is 5.02. The number of hydrogen-bond donors (Lipinski definition) is 2. The number of carbonyl (C=O) groups excluding carboxylic acids is 2. The first-order valence-corrected chi connectivity index (χ1v) is 7.33.